The standard InChI is InChI=1S/C24H33N3O4S/c1-13(2)14(3)24(31)27-11-19(29)10-20(27)23(30)26-21(16(5)28)17-6-8-18(9-7-17)22-15(4)25-12-32-22/h6-9,12-14,16,19-21,28-29H,10-11H2,1-5H3,(H,26,30)/t14?,16-,19+,20-,21-/m0/s1. The molecule has 0 aliphatic carbocycles. The molecule has 3 N–H and O–H groups in total. The Balaban J connectivity index is 1.77. The fourth-order valence-electron chi connectivity index (χ4n) is 4.01. The third kappa shape index (κ3) is 5.19. The fourth-order valence-corrected chi connectivity index (χ4v) is 4.82. The lowest BCUT2D eigenvalue weighted by atomic mass is 9.96. The number of carbonyl (C=O) groups is 2. The van der Waals surface area contributed by atoms with Crippen molar-refractivity contribution in [3.63, 3.8) is 0 Å². The topological polar surface area (TPSA) is 103 Å². The molecule has 0 spiro atoms. The summed E-state index contributed by atoms with van der Waals surface area (Å²) < 4.78 is 0. The Morgan fingerprint density at radius 3 is 2.38 bits per heavy atom. The van der Waals surface area contributed by atoms with Crippen LogP contribution in [0.3, 0.4) is 0 Å². The Labute approximate surface area is 193 Å². The lowest BCUT2D eigenvalue weighted by molar-refractivity contribution is -0.142. The molecule has 2 heterocycles. The molecular formula is C24H33N3O4S. The number of benzene rings is 1. The first-order chi connectivity index (χ1) is 15.1. The van der Waals surface area contributed by atoms with Crippen molar-refractivity contribution < 1.29 is 19.8 Å². The molecular weight excluding hydrogens is 426 g/mol. The lowest BCUT2D eigenvalue weighted by Crippen LogP contribution is -2.50. The highest BCUT2D eigenvalue weighted by Gasteiger charge is 2.41. The molecule has 2 aromatic rings. The Morgan fingerprint density at radius 1 is 1.19 bits per heavy atom. The lowest BCUT2D eigenvalue weighted by Gasteiger charge is -2.30. The highest BCUT2D eigenvalue weighted by Crippen LogP contribution is 2.29. The quantitative estimate of drug-likeness (QED) is 0.591. The molecule has 8 heteroatoms. The van der Waals surface area contributed by atoms with Gasteiger partial charge in [0.2, 0.25) is 11.8 Å². The van der Waals surface area contributed by atoms with Crippen molar-refractivity contribution in [1.29, 1.82) is 0 Å². The number of carbonyl (C=O) groups excluding carboxylic acids is 2. The van der Waals surface area contributed by atoms with Crippen molar-refractivity contribution in [2.75, 3.05) is 6.54 Å². The van der Waals surface area contributed by atoms with E-state index in [0.29, 0.717) is 0 Å². The number of aromatic nitrogens is 1. The van der Waals surface area contributed by atoms with E-state index in [1.807, 2.05) is 52.0 Å². The summed E-state index contributed by atoms with van der Waals surface area (Å²) in [5.74, 6) is -0.602. The number of aryl methyl sites for hydroxylation is 1. The number of aliphatic hydroxyl groups is 2. The molecule has 1 aromatic carbocycles. The van der Waals surface area contributed by atoms with Gasteiger partial charge in [-0.3, -0.25) is 9.59 Å². The van der Waals surface area contributed by atoms with Crippen LogP contribution in [0.15, 0.2) is 29.8 Å². The van der Waals surface area contributed by atoms with Crippen molar-refractivity contribution >= 4 is 23.2 Å². The number of rotatable bonds is 7. The molecule has 0 radical (unpaired) electrons. The van der Waals surface area contributed by atoms with Crippen LogP contribution in [0.1, 0.15) is 51.4 Å². The minimum atomic E-state index is -0.833. The second-order valence-electron chi connectivity index (χ2n) is 9.04. The van der Waals surface area contributed by atoms with Gasteiger partial charge in [-0.15, -0.1) is 11.3 Å². The summed E-state index contributed by atoms with van der Waals surface area (Å²) in [7, 11) is 0. The average Bonchev–Trinajstić information content (AvgIpc) is 3.36. The minimum Gasteiger partial charge on any atom is -0.391 e. The number of nitrogens with zero attached hydrogens (tertiary/aromatic N) is 2. The molecule has 1 unspecified atom stereocenters. The van der Waals surface area contributed by atoms with E-state index in [9.17, 15) is 19.8 Å². The number of aliphatic hydroxyl groups excluding tert-OH is 2. The van der Waals surface area contributed by atoms with E-state index in [0.717, 1.165) is 21.7 Å². The SMILES string of the molecule is Cc1ncsc1-c1ccc([C@@H](NC(=O)[C@@H]2C[C@@H](O)CN2C(=O)C(C)C(C)C)[C@H](C)O)cc1. The number of amides is 2. The average molecular weight is 460 g/mol. The van der Waals surface area contributed by atoms with Crippen molar-refractivity contribution in [1.82, 2.24) is 15.2 Å². The first-order valence-corrected chi connectivity index (χ1v) is 12.0. The molecule has 1 aliphatic rings. The number of likely N-dealkylation sites (tertiary alicyclic amines) is 1. The molecule has 1 fully saturated rings. The molecule has 5 atom stereocenters. The van der Waals surface area contributed by atoms with Crippen LogP contribution in [0.4, 0.5) is 0 Å². The van der Waals surface area contributed by atoms with Gasteiger partial charge in [-0.05, 0) is 30.9 Å². The highest BCUT2D eigenvalue weighted by atomic mass is 32.1. The first kappa shape index (κ1) is 24.4. The van der Waals surface area contributed by atoms with Gasteiger partial charge in [0.05, 0.1) is 34.3 Å². The van der Waals surface area contributed by atoms with Crippen LogP contribution in [0, 0.1) is 18.8 Å². The molecule has 7 nitrogen and oxygen atoms in total. The summed E-state index contributed by atoms with van der Waals surface area (Å²) in [5.41, 5.74) is 4.57. The second kappa shape index (κ2) is 10.1. The van der Waals surface area contributed by atoms with Crippen molar-refractivity contribution in [3.05, 3.63) is 41.0 Å². The summed E-state index contributed by atoms with van der Waals surface area (Å²) >= 11 is 1.57. The van der Waals surface area contributed by atoms with Gasteiger partial charge in [0.25, 0.3) is 0 Å². The first-order valence-electron chi connectivity index (χ1n) is 11.1. The van der Waals surface area contributed by atoms with Gasteiger partial charge in [-0.1, -0.05) is 45.0 Å². The molecule has 1 aliphatic heterocycles. The normalized spacial score (nSPS) is 21.4. The zero-order valence-corrected chi connectivity index (χ0v) is 20.1. The number of hydrogen-bond donors (Lipinski definition) is 3. The Bertz CT molecular complexity index is 941. The largest absolute Gasteiger partial charge is 0.391 e. The summed E-state index contributed by atoms with van der Waals surface area (Å²) in [6.07, 6.45) is -1.38. The van der Waals surface area contributed by atoms with Gasteiger partial charge in [0.1, 0.15) is 6.04 Å². The fraction of sp³-hybridized carbons (Fsp3) is 0.542. The molecule has 32 heavy (non-hydrogen) atoms. The minimum absolute atomic E-state index is 0.130. The van der Waals surface area contributed by atoms with Crippen LogP contribution in [0.5, 0.6) is 0 Å². The molecule has 2 amide bonds. The van der Waals surface area contributed by atoms with E-state index in [1.165, 1.54) is 4.90 Å². The maximum atomic E-state index is 13.2. The monoisotopic (exact) mass is 459 g/mol. The summed E-state index contributed by atoms with van der Waals surface area (Å²) in [5, 5.41) is 23.5. The van der Waals surface area contributed by atoms with Crippen LogP contribution < -0.4 is 5.32 Å². The van der Waals surface area contributed by atoms with Gasteiger partial charge in [-0.2, -0.15) is 0 Å². The maximum Gasteiger partial charge on any atom is 0.243 e. The molecule has 3 rings (SSSR count). The van der Waals surface area contributed by atoms with Gasteiger partial charge >= 0.3 is 0 Å². The van der Waals surface area contributed by atoms with Crippen LogP contribution in [0.2, 0.25) is 0 Å². The Hall–Kier alpha value is -2.29. The number of hydrogen-bond acceptors (Lipinski definition) is 6. The van der Waals surface area contributed by atoms with E-state index in [1.54, 1.807) is 23.8 Å². The van der Waals surface area contributed by atoms with E-state index in [2.05, 4.69) is 10.3 Å². The Morgan fingerprint density at radius 2 is 1.84 bits per heavy atom. The van der Waals surface area contributed by atoms with E-state index < -0.39 is 24.3 Å². The van der Waals surface area contributed by atoms with Gasteiger partial charge in [0, 0.05) is 18.9 Å². The van der Waals surface area contributed by atoms with E-state index in [-0.39, 0.29) is 36.6 Å². The van der Waals surface area contributed by atoms with Crippen molar-refractivity contribution in [3.8, 4) is 10.4 Å². The maximum absolute atomic E-state index is 13.2. The zero-order chi connectivity index (χ0) is 23.6. The van der Waals surface area contributed by atoms with E-state index >= 15 is 0 Å². The third-order valence-electron chi connectivity index (χ3n) is 6.31. The summed E-state index contributed by atoms with van der Waals surface area (Å²) in [4.78, 5) is 32.9. The van der Waals surface area contributed by atoms with Gasteiger partial charge in [-0.25, -0.2) is 4.98 Å². The second-order valence-corrected chi connectivity index (χ2v) is 9.90. The molecule has 1 saturated heterocycles. The van der Waals surface area contributed by atoms with E-state index in [4.69, 9.17) is 0 Å². The molecule has 0 saturated carbocycles. The number of β-amino-alcohol motifs (C(OH)–C–C–N with tert-alkyl or cyclic N) is 1. The van der Waals surface area contributed by atoms with Crippen LogP contribution >= 0.6 is 11.3 Å². The molecule has 1 aromatic heterocycles. The van der Waals surface area contributed by atoms with Gasteiger partial charge < -0.3 is 20.4 Å². The number of thiazole rings is 1. The molecule has 0 bridgehead atoms. The predicted octanol–water partition coefficient (Wildman–Crippen LogP) is 2.91. The van der Waals surface area contributed by atoms with Crippen LogP contribution in [0.25, 0.3) is 10.4 Å². The van der Waals surface area contributed by atoms with Crippen molar-refractivity contribution in [2.45, 2.75) is 65.3 Å². The predicted molar refractivity (Wildman–Crippen MR) is 125 cm³/mol. The highest BCUT2D eigenvalue weighted by molar-refractivity contribution is 7.13. The smallest absolute Gasteiger partial charge is 0.243 e. The number of nitrogens with one attached hydrogen (secondary N) is 1. The Kier molecular flexibility index (Phi) is 7.69. The molecule has 174 valence electrons. The van der Waals surface area contributed by atoms with Crippen molar-refractivity contribution in [2.24, 2.45) is 11.8 Å². The van der Waals surface area contributed by atoms with Crippen LogP contribution in [-0.2, 0) is 9.59 Å². The van der Waals surface area contributed by atoms with Crippen LogP contribution in [-0.4, -0.2) is 56.7 Å². The zero-order valence-electron chi connectivity index (χ0n) is 19.3. The van der Waals surface area contributed by atoms with Gasteiger partial charge in [0.15, 0.2) is 0 Å². The summed E-state index contributed by atoms with van der Waals surface area (Å²) in [6.45, 7) is 9.51. The third-order valence-corrected chi connectivity index (χ3v) is 7.29. The summed E-state index contributed by atoms with van der Waals surface area (Å²) in [6, 6.07) is 6.31.